The molecule has 1 amide bonds. The Morgan fingerprint density at radius 1 is 1.04 bits per heavy atom. The fraction of sp³-hybridized carbons (Fsp3) is 0.381. The molecule has 0 aromatic heterocycles. The number of amides is 1. The maximum atomic E-state index is 12.6. The smallest absolute Gasteiger partial charge is 0.243 e. The van der Waals surface area contributed by atoms with Gasteiger partial charge < -0.3 is 10.2 Å². The van der Waals surface area contributed by atoms with Crippen LogP contribution in [0.1, 0.15) is 18.1 Å². The van der Waals surface area contributed by atoms with E-state index in [1.54, 1.807) is 19.1 Å². The molecule has 28 heavy (non-hydrogen) atoms. The van der Waals surface area contributed by atoms with E-state index in [1.807, 2.05) is 62.2 Å². The molecule has 0 aliphatic rings. The minimum absolute atomic E-state index is 0.329. The van der Waals surface area contributed by atoms with Crippen LogP contribution in [0, 0.1) is 13.8 Å². The number of nitrogens with zero attached hydrogens (tertiary/aromatic N) is 2. The molecule has 2 rings (SSSR count). The average Bonchev–Trinajstić information content (AvgIpc) is 2.64. The van der Waals surface area contributed by atoms with Crippen molar-refractivity contribution in [3.63, 3.8) is 0 Å². The number of carbonyl (C=O) groups excluding carboxylic acids is 1. The number of hydrogen-bond acceptors (Lipinski definition) is 4. The van der Waals surface area contributed by atoms with E-state index >= 15 is 0 Å². The van der Waals surface area contributed by atoms with E-state index < -0.39 is 16.1 Å². The Bertz CT molecular complexity index is 914. The molecule has 7 heteroatoms. The van der Waals surface area contributed by atoms with Crippen molar-refractivity contribution in [2.75, 3.05) is 35.6 Å². The first-order chi connectivity index (χ1) is 13.1. The van der Waals surface area contributed by atoms with Gasteiger partial charge in [0.1, 0.15) is 6.04 Å². The summed E-state index contributed by atoms with van der Waals surface area (Å²) < 4.78 is 25.9. The number of hydrogen-bond donors (Lipinski definition) is 1. The predicted molar refractivity (Wildman–Crippen MR) is 115 cm³/mol. The van der Waals surface area contributed by atoms with E-state index in [2.05, 4.69) is 5.32 Å². The summed E-state index contributed by atoms with van der Waals surface area (Å²) in [6.07, 6.45) is 1.12. The van der Waals surface area contributed by atoms with Gasteiger partial charge in [-0.15, -0.1) is 0 Å². The molecule has 2 aromatic carbocycles. The van der Waals surface area contributed by atoms with Crippen LogP contribution in [0.25, 0.3) is 0 Å². The SMILES string of the molecule is Cc1ccc(N(C(C)C(=O)NCCN(C)c2ccccc2)S(C)(=O)=O)cc1C. The third-order valence-electron chi connectivity index (χ3n) is 4.78. The van der Waals surface area contributed by atoms with Gasteiger partial charge in [-0.2, -0.15) is 0 Å². The molecule has 0 aliphatic heterocycles. The number of aryl methyl sites for hydroxylation is 2. The van der Waals surface area contributed by atoms with Crippen molar-refractivity contribution in [3.05, 3.63) is 59.7 Å². The van der Waals surface area contributed by atoms with Crippen LogP contribution < -0.4 is 14.5 Å². The van der Waals surface area contributed by atoms with Crippen molar-refractivity contribution in [3.8, 4) is 0 Å². The molecule has 1 atom stereocenters. The van der Waals surface area contributed by atoms with Crippen molar-refractivity contribution < 1.29 is 13.2 Å². The first-order valence-corrected chi connectivity index (χ1v) is 11.1. The molecule has 0 heterocycles. The summed E-state index contributed by atoms with van der Waals surface area (Å²) in [5, 5.41) is 2.84. The third-order valence-corrected chi connectivity index (χ3v) is 6.02. The monoisotopic (exact) mass is 403 g/mol. The van der Waals surface area contributed by atoms with Crippen LogP contribution in [0.15, 0.2) is 48.5 Å². The Balaban J connectivity index is 2.06. The van der Waals surface area contributed by atoms with Gasteiger partial charge in [0, 0.05) is 25.8 Å². The molecule has 0 spiro atoms. The molecule has 152 valence electrons. The molecule has 0 saturated carbocycles. The summed E-state index contributed by atoms with van der Waals surface area (Å²) in [7, 11) is -1.67. The number of anilines is 2. The molecular formula is C21H29N3O3S. The van der Waals surface area contributed by atoms with Crippen molar-refractivity contribution in [1.82, 2.24) is 5.32 Å². The highest BCUT2D eigenvalue weighted by Crippen LogP contribution is 2.23. The summed E-state index contributed by atoms with van der Waals surface area (Å²) in [6.45, 7) is 6.52. The summed E-state index contributed by atoms with van der Waals surface area (Å²) in [5.41, 5.74) is 3.59. The summed E-state index contributed by atoms with van der Waals surface area (Å²) in [6, 6.07) is 14.4. The highest BCUT2D eigenvalue weighted by Gasteiger charge is 2.29. The fourth-order valence-corrected chi connectivity index (χ4v) is 4.14. The highest BCUT2D eigenvalue weighted by atomic mass is 32.2. The molecule has 0 bridgehead atoms. The van der Waals surface area contributed by atoms with Crippen molar-refractivity contribution in [2.45, 2.75) is 26.8 Å². The second kappa shape index (κ2) is 9.10. The molecule has 0 radical (unpaired) electrons. The number of nitrogens with one attached hydrogen (secondary N) is 1. The lowest BCUT2D eigenvalue weighted by Gasteiger charge is -2.29. The molecule has 0 saturated heterocycles. The Kier molecular flexibility index (Phi) is 7.07. The number of para-hydroxylation sites is 1. The van der Waals surface area contributed by atoms with Gasteiger partial charge in [-0.25, -0.2) is 8.42 Å². The second-order valence-electron chi connectivity index (χ2n) is 7.05. The Labute approximate surface area is 168 Å². The molecule has 1 unspecified atom stereocenters. The van der Waals surface area contributed by atoms with Crippen LogP contribution in [-0.4, -0.2) is 46.8 Å². The zero-order valence-electron chi connectivity index (χ0n) is 17.1. The van der Waals surface area contributed by atoms with Crippen LogP contribution >= 0.6 is 0 Å². The van der Waals surface area contributed by atoms with Crippen molar-refractivity contribution in [2.24, 2.45) is 0 Å². The lowest BCUT2D eigenvalue weighted by molar-refractivity contribution is -0.121. The number of benzene rings is 2. The van der Waals surface area contributed by atoms with Gasteiger partial charge in [-0.05, 0) is 56.2 Å². The minimum Gasteiger partial charge on any atom is -0.373 e. The molecular weight excluding hydrogens is 374 g/mol. The number of sulfonamides is 1. The highest BCUT2D eigenvalue weighted by molar-refractivity contribution is 7.92. The van der Waals surface area contributed by atoms with Crippen LogP contribution in [-0.2, 0) is 14.8 Å². The largest absolute Gasteiger partial charge is 0.373 e. The topological polar surface area (TPSA) is 69.7 Å². The van der Waals surface area contributed by atoms with Gasteiger partial charge in [-0.3, -0.25) is 9.10 Å². The maximum absolute atomic E-state index is 12.6. The van der Waals surface area contributed by atoms with Crippen LogP contribution in [0.5, 0.6) is 0 Å². The summed E-state index contributed by atoms with van der Waals surface area (Å²) >= 11 is 0. The van der Waals surface area contributed by atoms with Crippen LogP contribution in [0.2, 0.25) is 0 Å². The van der Waals surface area contributed by atoms with Gasteiger partial charge in [0.05, 0.1) is 11.9 Å². The van der Waals surface area contributed by atoms with Gasteiger partial charge in [0.15, 0.2) is 0 Å². The number of carbonyl (C=O) groups is 1. The zero-order chi connectivity index (χ0) is 20.9. The second-order valence-corrected chi connectivity index (χ2v) is 8.91. The summed E-state index contributed by atoms with van der Waals surface area (Å²) in [4.78, 5) is 14.7. The fourth-order valence-electron chi connectivity index (χ4n) is 2.98. The predicted octanol–water partition coefficient (Wildman–Crippen LogP) is 2.71. The van der Waals surface area contributed by atoms with Gasteiger partial charge in [0.2, 0.25) is 15.9 Å². The van der Waals surface area contributed by atoms with E-state index in [0.29, 0.717) is 18.8 Å². The van der Waals surface area contributed by atoms with Gasteiger partial charge in [-0.1, -0.05) is 24.3 Å². The van der Waals surface area contributed by atoms with Crippen LogP contribution in [0.4, 0.5) is 11.4 Å². The third kappa shape index (κ3) is 5.48. The quantitative estimate of drug-likeness (QED) is 0.736. The van der Waals surface area contributed by atoms with Gasteiger partial charge in [0.25, 0.3) is 0 Å². The first-order valence-electron chi connectivity index (χ1n) is 9.22. The summed E-state index contributed by atoms with van der Waals surface area (Å²) in [5.74, 6) is -0.329. The Morgan fingerprint density at radius 3 is 2.25 bits per heavy atom. The van der Waals surface area contributed by atoms with E-state index in [9.17, 15) is 13.2 Å². The van der Waals surface area contributed by atoms with E-state index in [0.717, 1.165) is 23.1 Å². The van der Waals surface area contributed by atoms with E-state index in [-0.39, 0.29) is 5.91 Å². The molecule has 6 nitrogen and oxygen atoms in total. The zero-order valence-corrected chi connectivity index (χ0v) is 18.0. The molecule has 2 aromatic rings. The molecule has 0 aliphatic carbocycles. The van der Waals surface area contributed by atoms with E-state index in [1.165, 1.54) is 4.31 Å². The standard InChI is InChI=1S/C21H29N3O3S/c1-16-11-12-20(15-17(16)2)24(28(5,26)27)18(3)21(25)22-13-14-23(4)19-9-7-6-8-10-19/h6-12,15,18H,13-14H2,1-5H3,(H,22,25). The maximum Gasteiger partial charge on any atom is 0.243 e. The van der Waals surface area contributed by atoms with Crippen molar-refractivity contribution in [1.29, 1.82) is 0 Å². The Morgan fingerprint density at radius 2 is 1.68 bits per heavy atom. The van der Waals surface area contributed by atoms with Crippen LogP contribution in [0.3, 0.4) is 0 Å². The Hall–Kier alpha value is -2.54. The van der Waals surface area contributed by atoms with Gasteiger partial charge >= 0.3 is 0 Å². The first kappa shape index (κ1) is 21.8. The van der Waals surface area contributed by atoms with E-state index in [4.69, 9.17) is 0 Å². The molecule has 0 fully saturated rings. The number of likely N-dealkylation sites (N-methyl/N-ethyl adjacent to an activating group) is 1. The van der Waals surface area contributed by atoms with Crippen molar-refractivity contribution >= 4 is 27.3 Å². The molecule has 1 N–H and O–H groups in total. The number of rotatable bonds is 8. The normalized spacial score (nSPS) is 12.3. The minimum atomic E-state index is -3.61. The lowest BCUT2D eigenvalue weighted by Crippen LogP contribution is -2.49. The average molecular weight is 404 g/mol. The lowest BCUT2D eigenvalue weighted by atomic mass is 10.1.